The Morgan fingerprint density at radius 3 is 2.20 bits per heavy atom. The van der Waals surface area contributed by atoms with Crippen LogP contribution in [0.1, 0.15) is 37.7 Å². The van der Waals surface area contributed by atoms with Crippen LogP contribution in [0.4, 0.5) is 5.69 Å². The molecule has 0 amide bonds. The average Bonchev–Trinajstić information content (AvgIpc) is 2.94. The number of hydrogen-bond donors (Lipinski definition) is 8. The molecule has 12 nitrogen and oxygen atoms in total. The smallest absolute Gasteiger partial charge is 0.187 e. The number of ether oxygens (including phenoxy) is 3. The molecule has 0 spiro atoms. The largest absolute Gasteiger partial charge is 0.394 e. The van der Waals surface area contributed by atoms with Gasteiger partial charge in [0.2, 0.25) is 0 Å². The number of aliphatic hydroxyl groups is 7. The molecular formula is C26H40Br2N2O10. The van der Waals surface area contributed by atoms with Crippen molar-refractivity contribution in [2.45, 2.75) is 106 Å². The molecule has 0 aromatic heterocycles. The highest BCUT2D eigenvalue weighted by molar-refractivity contribution is 9.11. The Hall–Kier alpha value is -0.460. The highest BCUT2D eigenvalue weighted by Gasteiger charge is 2.50. The molecule has 3 fully saturated rings. The van der Waals surface area contributed by atoms with Gasteiger partial charge >= 0.3 is 0 Å². The van der Waals surface area contributed by atoms with Gasteiger partial charge in [0.15, 0.2) is 12.5 Å². The maximum absolute atomic E-state index is 11.0. The van der Waals surface area contributed by atoms with Crippen molar-refractivity contribution in [3.05, 3.63) is 26.6 Å². The molecule has 1 saturated carbocycles. The maximum Gasteiger partial charge on any atom is 0.187 e. The number of nitrogens with one attached hydrogen (secondary N) is 1. The summed E-state index contributed by atoms with van der Waals surface area (Å²) in [5.74, 6) is 0. The molecule has 0 radical (unpaired) electrons. The molecule has 2 aliphatic heterocycles. The summed E-state index contributed by atoms with van der Waals surface area (Å²) >= 11 is 7.14. The fraction of sp³-hybridized carbons (Fsp3) is 0.769. The predicted octanol–water partition coefficient (Wildman–Crippen LogP) is 0.0121. The molecular weight excluding hydrogens is 660 g/mol. The van der Waals surface area contributed by atoms with Crippen LogP contribution in [0.3, 0.4) is 0 Å². The van der Waals surface area contributed by atoms with E-state index in [0.717, 1.165) is 22.9 Å². The number of halogens is 2. The van der Waals surface area contributed by atoms with Crippen LogP contribution in [0.25, 0.3) is 0 Å². The number of anilines is 1. The third-order valence-corrected chi connectivity index (χ3v) is 9.13. The Kier molecular flexibility index (Phi) is 11.6. The third kappa shape index (κ3) is 7.18. The van der Waals surface area contributed by atoms with Gasteiger partial charge in [0, 0.05) is 21.5 Å². The van der Waals surface area contributed by atoms with Crippen molar-refractivity contribution in [1.82, 2.24) is 4.90 Å². The molecule has 10 atom stereocenters. The Balaban J connectivity index is 1.49. The number of hydrogen-bond acceptors (Lipinski definition) is 12. The summed E-state index contributed by atoms with van der Waals surface area (Å²) in [5, 5.41) is 75.2. The second kappa shape index (κ2) is 14.3. The molecule has 3 aliphatic rings. The second-order valence-corrected chi connectivity index (χ2v) is 12.6. The molecule has 0 bridgehead atoms. The minimum Gasteiger partial charge on any atom is -0.394 e. The average molecular weight is 700 g/mol. The minimum absolute atomic E-state index is 0.469. The summed E-state index contributed by atoms with van der Waals surface area (Å²) in [5.41, 5.74) is 1.59. The maximum atomic E-state index is 11.0. The highest BCUT2D eigenvalue weighted by atomic mass is 79.9. The van der Waals surface area contributed by atoms with Gasteiger partial charge in [-0.3, -0.25) is 4.90 Å². The summed E-state index contributed by atoms with van der Waals surface area (Å²) in [4.78, 5) is 2.31. The fourth-order valence-corrected chi connectivity index (χ4v) is 7.11. The van der Waals surface area contributed by atoms with Gasteiger partial charge in [-0.25, -0.2) is 0 Å². The van der Waals surface area contributed by atoms with E-state index in [4.69, 9.17) is 14.2 Å². The number of rotatable bonds is 9. The third-order valence-electron chi connectivity index (χ3n) is 8.05. The van der Waals surface area contributed by atoms with Gasteiger partial charge in [0.05, 0.1) is 18.9 Å². The Labute approximate surface area is 250 Å². The Morgan fingerprint density at radius 2 is 1.55 bits per heavy atom. The molecule has 0 unspecified atom stereocenters. The zero-order valence-corrected chi connectivity index (χ0v) is 25.4. The zero-order valence-electron chi connectivity index (χ0n) is 22.2. The predicted molar refractivity (Wildman–Crippen MR) is 150 cm³/mol. The Bertz CT molecular complexity index is 970. The van der Waals surface area contributed by atoms with Crippen molar-refractivity contribution in [2.24, 2.45) is 0 Å². The van der Waals surface area contributed by atoms with Crippen LogP contribution in [0, 0.1) is 0 Å². The van der Waals surface area contributed by atoms with E-state index in [2.05, 4.69) is 49.1 Å². The van der Waals surface area contributed by atoms with E-state index in [0.29, 0.717) is 22.7 Å². The molecule has 228 valence electrons. The fourth-order valence-electron chi connectivity index (χ4n) is 5.68. The van der Waals surface area contributed by atoms with E-state index in [-0.39, 0.29) is 0 Å². The SMILES string of the molecule is CN(Cc1cc(Br)cc(Br)c1N[C@H]1O[C@H](CO)[C@@H](O[C@@H]2O[C@H](CO)[C@H](O)[C@H](O)[C@H]2O)[C@H](O)[C@H]1O)C1CCCCC1. The quantitative estimate of drug-likeness (QED) is 0.173. The molecule has 2 saturated heterocycles. The summed E-state index contributed by atoms with van der Waals surface area (Å²) < 4.78 is 18.5. The van der Waals surface area contributed by atoms with Crippen molar-refractivity contribution in [2.75, 3.05) is 25.6 Å². The standard InChI is InChI=1S/C26H40Br2N2O10/c1-30(14-5-3-2-4-6-14)9-12-7-13(27)8-15(28)18(12)29-25-22(36)21(35)24(17(11-32)38-25)40-26-23(37)20(34)19(33)16(10-31)39-26/h7-8,14,16-17,19-26,29,31-37H,2-6,9-11H2,1H3/t16-,17-,19+,20+,21-,22-,23-,24-,25+,26+/m1/s1. The van der Waals surface area contributed by atoms with E-state index in [1.54, 1.807) is 0 Å². The first-order chi connectivity index (χ1) is 19.0. The van der Waals surface area contributed by atoms with Crippen LogP contribution in [0.5, 0.6) is 0 Å². The lowest BCUT2D eigenvalue weighted by atomic mass is 9.94. The van der Waals surface area contributed by atoms with E-state index < -0.39 is 74.6 Å². The lowest BCUT2D eigenvalue weighted by molar-refractivity contribution is -0.340. The van der Waals surface area contributed by atoms with E-state index >= 15 is 0 Å². The second-order valence-electron chi connectivity index (χ2n) is 10.8. The number of aliphatic hydroxyl groups excluding tert-OH is 7. The number of benzene rings is 1. The first-order valence-electron chi connectivity index (χ1n) is 13.6. The minimum atomic E-state index is -1.72. The monoisotopic (exact) mass is 698 g/mol. The van der Waals surface area contributed by atoms with E-state index in [1.165, 1.54) is 19.3 Å². The summed E-state index contributed by atoms with van der Waals surface area (Å²) in [6, 6.07) is 4.30. The van der Waals surface area contributed by atoms with Crippen LogP contribution in [0.15, 0.2) is 21.1 Å². The summed E-state index contributed by atoms with van der Waals surface area (Å²) in [7, 11) is 2.09. The van der Waals surface area contributed by atoms with Crippen molar-refractivity contribution in [1.29, 1.82) is 0 Å². The molecule has 40 heavy (non-hydrogen) atoms. The summed E-state index contributed by atoms with van der Waals surface area (Å²) in [6.45, 7) is -0.640. The Morgan fingerprint density at radius 1 is 0.875 bits per heavy atom. The van der Waals surface area contributed by atoms with Crippen molar-refractivity contribution < 1.29 is 50.0 Å². The van der Waals surface area contributed by atoms with Crippen molar-refractivity contribution in [3.8, 4) is 0 Å². The van der Waals surface area contributed by atoms with Gasteiger partial charge in [0.1, 0.15) is 48.8 Å². The van der Waals surface area contributed by atoms with Crippen LogP contribution in [-0.4, -0.2) is 128 Å². The van der Waals surface area contributed by atoms with Crippen LogP contribution in [0.2, 0.25) is 0 Å². The van der Waals surface area contributed by atoms with Gasteiger partial charge in [-0.15, -0.1) is 0 Å². The van der Waals surface area contributed by atoms with Crippen LogP contribution < -0.4 is 5.32 Å². The molecule has 1 aliphatic carbocycles. The van der Waals surface area contributed by atoms with Gasteiger partial charge in [0.25, 0.3) is 0 Å². The number of nitrogens with zero attached hydrogens (tertiary/aromatic N) is 1. The first-order valence-corrected chi connectivity index (χ1v) is 15.2. The topological polar surface area (TPSA) is 185 Å². The lowest BCUT2D eigenvalue weighted by Crippen LogP contribution is -2.65. The molecule has 2 heterocycles. The molecule has 1 aromatic rings. The van der Waals surface area contributed by atoms with Crippen molar-refractivity contribution >= 4 is 37.5 Å². The normalized spacial score (nSPS) is 37.6. The molecule has 14 heteroatoms. The van der Waals surface area contributed by atoms with E-state index in [9.17, 15) is 35.7 Å². The molecule has 1 aromatic carbocycles. The van der Waals surface area contributed by atoms with Gasteiger partial charge in [-0.05, 0) is 53.5 Å². The first kappa shape index (κ1) is 32.5. The summed E-state index contributed by atoms with van der Waals surface area (Å²) in [6.07, 6.45) is -8.66. The van der Waals surface area contributed by atoms with E-state index in [1.807, 2.05) is 12.1 Å². The highest BCUT2D eigenvalue weighted by Crippen LogP contribution is 2.36. The zero-order chi connectivity index (χ0) is 29.1. The van der Waals surface area contributed by atoms with Crippen LogP contribution >= 0.6 is 31.9 Å². The molecule has 8 N–H and O–H groups in total. The molecule has 4 rings (SSSR count). The van der Waals surface area contributed by atoms with Gasteiger partial charge in [-0.1, -0.05) is 35.2 Å². The van der Waals surface area contributed by atoms with Crippen molar-refractivity contribution in [3.63, 3.8) is 0 Å². The lowest BCUT2D eigenvalue weighted by Gasteiger charge is -2.46. The van der Waals surface area contributed by atoms with Gasteiger partial charge in [-0.2, -0.15) is 0 Å². The van der Waals surface area contributed by atoms with Crippen LogP contribution in [-0.2, 0) is 20.8 Å². The van der Waals surface area contributed by atoms with Gasteiger partial charge < -0.3 is 55.3 Å².